The van der Waals surface area contributed by atoms with E-state index in [1.807, 2.05) is 0 Å². The van der Waals surface area contributed by atoms with Crippen LogP contribution < -0.4 is 4.74 Å². The largest absolute Gasteiger partial charge is 0.453 e. The number of halogens is 4. The Bertz CT molecular complexity index is 543. The summed E-state index contributed by atoms with van der Waals surface area (Å²) in [6, 6.07) is 4.89. The lowest BCUT2D eigenvalue weighted by Gasteiger charge is -2.12. The molecule has 0 fully saturated rings. The lowest BCUT2D eigenvalue weighted by atomic mass is 10.2. The summed E-state index contributed by atoms with van der Waals surface area (Å²) in [5.41, 5.74) is -0.861. The summed E-state index contributed by atoms with van der Waals surface area (Å²) in [5.74, 6) is -0.230. The van der Waals surface area contributed by atoms with Gasteiger partial charge in [-0.15, -0.1) is 0 Å². The van der Waals surface area contributed by atoms with Gasteiger partial charge in [0.25, 0.3) is 0 Å². The Morgan fingerprint density at radius 2 is 1.67 bits per heavy atom. The molecule has 94 valence electrons. The summed E-state index contributed by atoms with van der Waals surface area (Å²) in [4.78, 5) is 7.23. The van der Waals surface area contributed by atoms with Crippen LogP contribution in [0.15, 0.2) is 36.7 Å². The number of alkyl halides is 3. The van der Waals surface area contributed by atoms with Crippen LogP contribution in [0.5, 0.6) is 11.5 Å². The highest BCUT2D eigenvalue weighted by molar-refractivity contribution is 6.28. The van der Waals surface area contributed by atoms with E-state index in [9.17, 15) is 13.2 Å². The molecular formula is C11H6ClF3N2O. The van der Waals surface area contributed by atoms with Gasteiger partial charge in [-0.1, -0.05) is 12.1 Å². The van der Waals surface area contributed by atoms with E-state index in [4.69, 9.17) is 16.3 Å². The van der Waals surface area contributed by atoms with Crippen LogP contribution in [0.2, 0.25) is 5.28 Å². The molecule has 0 aliphatic carbocycles. The number of benzene rings is 1. The first-order valence-corrected chi connectivity index (χ1v) is 5.16. The molecule has 1 aromatic heterocycles. The van der Waals surface area contributed by atoms with Crippen molar-refractivity contribution in [2.45, 2.75) is 6.18 Å². The Hall–Kier alpha value is -1.82. The molecule has 0 saturated heterocycles. The van der Waals surface area contributed by atoms with Crippen LogP contribution in [0.3, 0.4) is 0 Å². The van der Waals surface area contributed by atoms with Gasteiger partial charge in [-0.2, -0.15) is 13.2 Å². The first-order chi connectivity index (χ1) is 8.47. The number of aromatic nitrogens is 2. The fraction of sp³-hybridized carbons (Fsp3) is 0.0909. The summed E-state index contributed by atoms with van der Waals surface area (Å²) >= 11 is 5.46. The molecule has 7 heteroatoms. The highest BCUT2D eigenvalue weighted by atomic mass is 35.5. The third-order valence-electron chi connectivity index (χ3n) is 2.02. The van der Waals surface area contributed by atoms with Gasteiger partial charge in [0.15, 0.2) is 5.75 Å². The zero-order valence-electron chi connectivity index (χ0n) is 8.78. The van der Waals surface area contributed by atoms with E-state index in [1.54, 1.807) is 0 Å². The van der Waals surface area contributed by atoms with Crippen LogP contribution in [0, 0.1) is 0 Å². The minimum atomic E-state index is -4.48. The molecule has 0 aliphatic heterocycles. The van der Waals surface area contributed by atoms with Crippen LogP contribution >= 0.6 is 11.6 Å². The number of ether oxygens (including phenoxy) is 1. The summed E-state index contributed by atoms with van der Waals surface area (Å²) < 4.78 is 43.1. The Labute approximate surface area is 105 Å². The topological polar surface area (TPSA) is 35.0 Å². The normalized spacial score (nSPS) is 11.3. The highest BCUT2D eigenvalue weighted by Crippen LogP contribution is 2.37. The maximum absolute atomic E-state index is 12.7. The monoisotopic (exact) mass is 274 g/mol. The average molecular weight is 275 g/mol. The molecule has 0 radical (unpaired) electrons. The van der Waals surface area contributed by atoms with Crippen LogP contribution in [0.4, 0.5) is 13.2 Å². The SMILES string of the molecule is FC(F)(F)c1ccccc1Oc1cnc(Cl)nc1. The fourth-order valence-electron chi connectivity index (χ4n) is 1.27. The van der Waals surface area contributed by atoms with Gasteiger partial charge in [-0.25, -0.2) is 9.97 Å². The van der Waals surface area contributed by atoms with Gasteiger partial charge in [-0.3, -0.25) is 0 Å². The maximum Gasteiger partial charge on any atom is 0.419 e. The van der Waals surface area contributed by atoms with E-state index in [0.29, 0.717) is 0 Å². The molecule has 2 rings (SSSR count). The second-order valence-corrected chi connectivity index (χ2v) is 3.62. The van der Waals surface area contributed by atoms with Gasteiger partial charge >= 0.3 is 6.18 Å². The summed E-state index contributed by atoms with van der Waals surface area (Å²) in [6.45, 7) is 0. The van der Waals surface area contributed by atoms with Crippen molar-refractivity contribution in [3.8, 4) is 11.5 Å². The number of para-hydroxylation sites is 1. The summed E-state index contributed by atoms with van der Waals surface area (Å²) in [7, 11) is 0. The number of rotatable bonds is 2. The Balaban J connectivity index is 2.32. The Morgan fingerprint density at radius 1 is 1.06 bits per heavy atom. The lowest BCUT2D eigenvalue weighted by molar-refractivity contribution is -0.138. The van der Waals surface area contributed by atoms with Crippen molar-refractivity contribution in [2.75, 3.05) is 0 Å². The van der Waals surface area contributed by atoms with E-state index < -0.39 is 11.7 Å². The third-order valence-corrected chi connectivity index (χ3v) is 2.21. The quantitative estimate of drug-likeness (QED) is 0.778. The van der Waals surface area contributed by atoms with E-state index in [-0.39, 0.29) is 16.8 Å². The molecule has 0 N–H and O–H groups in total. The second-order valence-electron chi connectivity index (χ2n) is 3.28. The van der Waals surface area contributed by atoms with Gasteiger partial charge in [-0.05, 0) is 23.7 Å². The van der Waals surface area contributed by atoms with Crippen molar-refractivity contribution >= 4 is 11.6 Å². The molecule has 0 atom stereocenters. The highest BCUT2D eigenvalue weighted by Gasteiger charge is 2.34. The van der Waals surface area contributed by atoms with Gasteiger partial charge < -0.3 is 4.74 Å². The molecule has 0 unspecified atom stereocenters. The first kappa shape index (κ1) is 12.6. The number of hydrogen-bond acceptors (Lipinski definition) is 3. The molecule has 1 heterocycles. The number of hydrogen-bond donors (Lipinski definition) is 0. The van der Waals surface area contributed by atoms with Crippen molar-refractivity contribution in [2.24, 2.45) is 0 Å². The van der Waals surface area contributed by atoms with Crippen LogP contribution in [0.1, 0.15) is 5.56 Å². The number of nitrogens with zero attached hydrogens (tertiary/aromatic N) is 2. The van der Waals surface area contributed by atoms with E-state index in [1.165, 1.54) is 30.6 Å². The molecule has 0 spiro atoms. The zero-order valence-corrected chi connectivity index (χ0v) is 9.53. The predicted molar refractivity (Wildman–Crippen MR) is 58.6 cm³/mol. The Morgan fingerprint density at radius 3 is 2.28 bits per heavy atom. The molecule has 0 aliphatic rings. The van der Waals surface area contributed by atoms with Crippen LogP contribution in [-0.4, -0.2) is 9.97 Å². The minimum Gasteiger partial charge on any atom is -0.453 e. The van der Waals surface area contributed by atoms with E-state index in [0.717, 1.165) is 6.07 Å². The van der Waals surface area contributed by atoms with E-state index >= 15 is 0 Å². The van der Waals surface area contributed by atoms with Crippen molar-refractivity contribution < 1.29 is 17.9 Å². The van der Waals surface area contributed by atoms with Crippen molar-refractivity contribution in [3.05, 3.63) is 47.5 Å². The van der Waals surface area contributed by atoms with Gasteiger partial charge in [0.05, 0.1) is 18.0 Å². The first-order valence-electron chi connectivity index (χ1n) is 4.78. The van der Waals surface area contributed by atoms with Crippen molar-refractivity contribution in [1.29, 1.82) is 0 Å². The molecule has 0 bridgehead atoms. The fourth-order valence-corrected chi connectivity index (χ4v) is 1.37. The molecular weight excluding hydrogens is 269 g/mol. The second kappa shape index (κ2) is 4.81. The summed E-state index contributed by atoms with van der Waals surface area (Å²) in [6.07, 6.45) is -2.09. The van der Waals surface area contributed by atoms with E-state index in [2.05, 4.69) is 9.97 Å². The van der Waals surface area contributed by atoms with Crippen molar-refractivity contribution in [3.63, 3.8) is 0 Å². The van der Waals surface area contributed by atoms with Crippen LogP contribution in [0.25, 0.3) is 0 Å². The maximum atomic E-state index is 12.7. The van der Waals surface area contributed by atoms with Gasteiger partial charge in [0.1, 0.15) is 5.75 Å². The smallest absolute Gasteiger partial charge is 0.419 e. The third kappa shape index (κ3) is 2.89. The van der Waals surface area contributed by atoms with Gasteiger partial charge in [0, 0.05) is 0 Å². The summed E-state index contributed by atoms with van der Waals surface area (Å²) in [5, 5.41) is -0.00791. The standard InChI is InChI=1S/C11H6ClF3N2O/c12-10-16-5-7(6-17-10)18-9-4-2-1-3-8(9)11(13,14)15/h1-6H. The molecule has 0 amide bonds. The molecule has 0 saturated carbocycles. The molecule has 18 heavy (non-hydrogen) atoms. The average Bonchev–Trinajstić information content (AvgIpc) is 2.31. The van der Waals surface area contributed by atoms with Crippen molar-refractivity contribution in [1.82, 2.24) is 9.97 Å². The van der Waals surface area contributed by atoms with Gasteiger partial charge in [0.2, 0.25) is 5.28 Å². The Kier molecular flexibility index (Phi) is 3.38. The molecule has 2 aromatic rings. The molecule has 1 aromatic carbocycles. The predicted octanol–water partition coefficient (Wildman–Crippen LogP) is 3.94. The van der Waals surface area contributed by atoms with Crippen LogP contribution in [-0.2, 0) is 6.18 Å². The minimum absolute atomic E-state index is 0.00791. The lowest BCUT2D eigenvalue weighted by Crippen LogP contribution is -2.06. The zero-order chi connectivity index (χ0) is 13.2. The molecule has 3 nitrogen and oxygen atoms in total.